The van der Waals surface area contributed by atoms with Crippen LogP contribution in [0.3, 0.4) is 0 Å². The maximum Gasteiger partial charge on any atom is 0.108 e. The fourth-order valence-corrected chi connectivity index (χ4v) is 3.25. The summed E-state index contributed by atoms with van der Waals surface area (Å²) in [6, 6.07) is 0. The molecule has 0 aromatic carbocycles. The molecule has 90 valence electrons. The summed E-state index contributed by atoms with van der Waals surface area (Å²) in [4.78, 5) is 0. The summed E-state index contributed by atoms with van der Waals surface area (Å²) in [6.07, 6.45) is 10.2. The van der Waals surface area contributed by atoms with Crippen LogP contribution in [0, 0.1) is 18.3 Å². The highest BCUT2D eigenvalue weighted by molar-refractivity contribution is 5.38. The first kappa shape index (κ1) is 10.8. The SMILES string of the molecule is Cc1coc2c1C[C@H]1C(CO)=CC=C[C@@]1(C)C2. The minimum absolute atomic E-state index is 0.101. The van der Waals surface area contributed by atoms with Crippen LogP contribution in [-0.2, 0) is 12.8 Å². The van der Waals surface area contributed by atoms with E-state index in [0.717, 1.165) is 24.2 Å². The largest absolute Gasteiger partial charge is 0.469 e. The van der Waals surface area contributed by atoms with Crippen molar-refractivity contribution >= 4 is 0 Å². The van der Waals surface area contributed by atoms with E-state index in [0.29, 0.717) is 5.92 Å². The van der Waals surface area contributed by atoms with Gasteiger partial charge >= 0.3 is 0 Å². The lowest BCUT2D eigenvalue weighted by molar-refractivity contribution is 0.214. The van der Waals surface area contributed by atoms with Crippen LogP contribution in [0.25, 0.3) is 0 Å². The topological polar surface area (TPSA) is 33.4 Å². The van der Waals surface area contributed by atoms with E-state index in [4.69, 9.17) is 4.42 Å². The average molecular weight is 230 g/mol. The lowest BCUT2D eigenvalue weighted by Crippen LogP contribution is -2.37. The van der Waals surface area contributed by atoms with E-state index >= 15 is 0 Å². The summed E-state index contributed by atoms with van der Waals surface area (Å²) in [6.45, 7) is 4.53. The number of aryl methyl sites for hydroxylation is 1. The van der Waals surface area contributed by atoms with Gasteiger partial charge in [-0.05, 0) is 41.4 Å². The van der Waals surface area contributed by atoms with Crippen molar-refractivity contribution in [2.24, 2.45) is 11.3 Å². The number of aliphatic hydroxyl groups excluding tert-OH is 1. The van der Waals surface area contributed by atoms with Gasteiger partial charge in [0.1, 0.15) is 5.76 Å². The molecule has 2 aliphatic rings. The Morgan fingerprint density at radius 2 is 2.35 bits per heavy atom. The van der Waals surface area contributed by atoms with Gasteiger partial charge in [-0.3, -0.25) is 0 Å². The molecule has 2 heteroatoms. The monoisotopic (exact) mass is 230 g/mol. The van der Waals surface area contributed by atoms with Crippen molar-refractivity contribution in [2.75, 3.05) is 6.61 Å². The molecule has 1 aromatic heterocycles. The van der Waals surface area contributed by atoms with E-state index in [1.807, 2.05) is 6.26 Å². The second-order valence-corrected chi connectivity index (χ2v) is 5.52. The van der Waals surface area contributed by atoms with Crippen molar-refractivity contribution in [2.45, 2.75) is 26.7 Å². The van der Waals surface area contributed by atoms with E-state index < -0.39 is 0 Å². The fourth-order valence-electron chi connectivity index (χ4n) is 3.25. The first-order chi connectivity index (χ1) is 8.14. The second kappa shape index (κ2) is 3.61. The molecule has 0 radical (unpaired) electrons. The van der Waals surface area contributed by atoms with Crippen LogP contribution in [0.4, 0.5) is 0 Å². The van der Waals surface area contributed by atoms with Gasteiger partial charge in [0, 0.05) is 6.42 Å². The summed E-state index contributed by atoms with van der Waals surface area (Å²) in [5.41, 5.74) is 3.85. The normalized spacial score (nSPS) is 30.8. The van der Waals surface area contributed by atoms with Crippen LogP contribution in [-0.4, -0.2) is 11.7 Å². The number of aliphatic hydroxyl groups is 1. The van der Waals surface area contributed by atoms with E-state index in [2.05, 4.69) is 32.1 Å². The molecule has 2 aliphatic carbocycles. The minimum atomic E-state index is 0.101. The minimum Gasteiger partial charge on any atom is -0.469 e. The van der Waals surface area contributed by atoms with Crippen molar-refractivity contribution in [1.29, 1.82) is 0 Å². The van der Waals surface area contributed by atoms with Gasteiger partial charge in [0.05, 0.1) is 12.9 Å². The molecule has 0 amide bonds. The number of allylic oxidation sites excluding steroid dienone is 3. The maximum atomic E-state index is 9.49. The highest BCUT2D eigenvalue weighted by Crippen LogP contribution is 2.47. The highest BCUT2D eigenvalue weighted by atomic mass is 16.3. The first-order valence-electron chi connectivity index (χ1n) is 6.19. The van der Waals surface area contributed by atoms with Crippen LogP contribution in [0.5, 0.6) is 0 Å². The Hall–Kier alpha value is -1.28. The van der Waals surface area contributed by atoms with E-state index in [9.17, 15) is 5.11 Å². The molecule has 1 aromatic rings. The molecule has 3 rings (SSSR count). The molecule has 0 spiro atoms. The van der Waals surface area contributed by atoms with Crippen molar-refractivity contribution in [3.05, 3.63) is 47.0 Å². The van der Waals surface area contributed by atoms with Crippen molar-refractivity contribution in [3.63, 3.8) is 0 Å². The number of furan rings is 1. The molecule has 0 fully saturated rings. The molecule has 0 saturated carbocycles. The van der Waals surface area contributed by atoms with Gasteiger partial charge in [0.15, 0.2) is 0 Å². The fraction of sp³-hybridized carbons (Fsp3) is 0.467. The third-order valence-corrected chi connectivity index (χ3v) is 4.35. The Labute approximate surface area is 102 Å². The van der Waals surface area contributed by atoms with Gasteiger partial charge in [-0.25, -0.2) is 0 Å². The zero-order valence-electron chi connectivity index (χ0n) is 10.4. The second-order valence-electron chi connectivity index (χ2n) is 5.52. The molecule has 17 heavy (non-hydrogen) atoms. The lowest BCUT2D eigenvalue weighted by Gasteiger charge is -2.41. The zero-order valence-corrected chi connectivity index (χ0v) is 10.4. The van der Waals surface area contributed by atoms with Gasteiger partial charge in [-0.1, -0.05) is 25.2 Å². The molecule has 1 N–H and O–H groups in total. The Morgan fingerprint density at radius 1 is 1.53 bits per heavy atom. The van der Waals surface area contributed by atoms with Crippen LogP contribution >= 0.6 is 0 Å². The van der Waals surface area contributed by atoms with E-state index in [-0.39, 0.29) is 12.0 Å². The van der Waals surface area contributed by atoms with Gasteiger partial charge < -0.3 is 9.52 Å². The predicted molar refractivity (Wildman–Crippen MR) is 66.8 cm³/mol. The Bertz CT molecular complexity index is 507. The summed E-state index contributed by atoms with van der Waals surface area (Å²) in [5.74, 6) is 1.55. The molecule has 0 saturated heterocycles. The number of fused-ring (bicyclic) bond motifs is 2. The van der Waals surface area contributed by atoms with Crippen LogP contribution in [0.15, 0.2) is 34.5 Å². The summed E-state index contributed by atoms with van der Waals surface area (Å²) >= 11 is 0. The van der Waals surface area contributed by atoms with Crippen LogP contribution in [0.2, 0.25) is 0 Å². The molecule has 1 heterocycles. The summed E-state index contributed by atoms with van der Waals surface area (Å²) in [5, 5.41) is 9.49. The Kier molecular flexibility index (Phi) is 2.30. The molecule has 0 aliphatic heterocycles. The van der Waals surface area contributed by atoms with Crippen LogP contribution in [0.1, 0.15) is 23.8 Å². The number of hydrogen-bond donors (Lipinski definition) is 1. The lowest BCUT2D eigenvalue weighted by atomic mass is 9.62. The van der Waals surface area contributed by atoms with Gasteiger partial charge in [-0.15, -0.1) is 0 Å². The van der Waals surface area contributed by atoms with E-state index in [1.54, 1.807) is 0 Å². The average Bonchev–Trinajstić information content (AvgIpc) is 2.66. The van der Waals surface area contributed by atoms with Crippen molar-refractivity contribution in [3.8, 4) is 0 Å². The molecule has 0 unspecified atom stereocenters. The smallest absolute Gasteiger partial charge is 0.108 e. The number of hydrogen-bond acceptors (Lipinski definition) is 2. The highest BCUT2D eigenvalue weighted by Gasteiger charge is 2.41. The number of rotatable bonds is 1. The molecular formula is C15H18O2. The van der Waals surface area contributed by atoms with Gasteiger partial charge in [0.2, 0.25) is 0 Å². The zero-order chi connectivity index (χ0) is 12.0. The summed E-state index contributed by atoms with van der Waals surface area (Å²) in [7, 11) is 0. The standard InChI is InChI=1S/C15H18O2/c1-10-9-17-14-7-15(2)5-3-4-11(8-16)13(15)6-12(10)14/h3-5,9,13,16H,6-8H2,1-2H3/t13-,15-/m0/s1. The maximum absolute atomic E-state index is 9.49. The van der Waals surface area contributed by atoms with Crippen LogP contribution < -0.4 is 0 Å². The molecular weight excluding hydrogens is 212 g/mol. The van der Waals surface area contributed by atoms with Crippen molar-refractivity contribution in [1.82, 2.24) is 0 Å². The third-order valence-electron chi connectivity index (χ3n) is 4.35. The van der Waals surface area contributed by atoms with E-state index in [1.165, 1.54) is 11.1 Å². The molecule has 2 nitrogen and oxygen atoms in total. The Morgan fingerprint density at radius 3 is 3.12 bits per heavy atom. The third kappa shape index (κ3) is 1.51. The molecule has 2 atom stereocenters. The first-order valence-corrected chi connectivity index (χ1v) is 6.19. The molecule has 0 bridgehead atoms. The van der Waals surface area contributed by atoms with Gasteiger partial charge in [0.25, 0.3) is 0 Å². The van der Waals surface area contributed by atoms with Crippen molar-refractivity contribution < 1.29 is 9.52 Å². The predicted octanol–water partition coefficient (Wildman–Crippen LogP) is 2.80. The Balaban J connectivity index is 2.06. The van der Waals surface area contributed by atoms with Gasteiger partial charge in [-0.2, -0.15) is 0 Å². The summed E-state index contributed by atoms with van der Waals surface area (Å²) < 4.78 is 5.65. The quantitative estimate of drug-likeness (QED) is 0.804.